The highest BCUT2D eigenvalue weighted by molar-refractivity contribution is 5.90. The zero-order valence-electron chi connectivity index (χ0n) is 12.7. The summed E-state index contributed by atoms with van der Waals surface area (Å²) in [6.07, 6.45) is 0.551. The first kappa shape index (κ1) is 16.3. The maximum atomic E-state index is 11.8. The van der Waals surface area contributed by atoms with Gasteiger partial charge >= 0.3 is 5.97 Å². The van der Waals surface area contributed by atoms with Gasteiger partial charge in [-0.25, -0.2) is 4.79 Å². The van der Waals surface area contributed by atoms with E-state index < -0.39 is 5.97 Å². The van der Waals surface area contributed by atoms with Crippen LogP contribution in [0.2, 0.25) is 0 Å². The molecule has 2 rings (SSSR count). The molecule has 0 aliphatic carbocycles. The van der Waals surface area contributed by atoms with E-state index in [1.165, 1.54) is 0 Å². The van der Waals surface area contributed by atoms with Gasteiger partial charge < -0.3 is 20.0 Å². The van der Waals surface area contributed by atoms with Crippen LogP contribution in [-0.2, 0) is 9.57 Å². The van der Waals surface area contributed by atoms with Gasteiger partial charge in [-0.05, 0) is 24.3 Å². The van der Waals surface area contributed by atoms with Crippen LogP contribution in [0.5, 0.6) is 5.75 Å². The maximum Gasteiger partial charge on any atom is 0.365 e. The predicted octanol–water partition coefficient (Wildman–Crippen LogP) is 0.847. The molecule has 0 bridgehead atoms. The molecule has 7 nitrogen and oxygen atoms in total. The van der Waals surface area contributed by atoms with E-state index in [0.717, 1.165) is 32.8 Å². The molecular formula is C15H21N3O4. The summed E-state index contributed by atoms with van der Waals surface area (Å²) in [6.45, 7) is 4.03. The first-order chi connectivity index (χ1) is 10.7. The Labute approximate surface area is 129 Å². The Morgan fingerprint density at radius 2 is 2.00 bits per heavy atom. The van der Waals surface area contributed by atoms with Crippen molar-refractivity contribution < 1.29 is 19.1 Å². The number of nitrogens with zero attached hydrogens (tertiary/aromatic N) is 2. The quantitative estimate of drug-likeness (QED) is 0.363. The highest BCUT2D eigenvalue weighted by Gasteiger charge is 2.11. The molecule has 0 saturated carbocycles. The number of nitrogens with two attached hydrogens (primary N) is 1. The lowest BCUT2D eigenvalue weighted by Crippen LogP contribution is -2.38. The van der Waals surface area contributed by atoms with Gasteiger partial charge in [0.2, 0.25) is 0 Å². The Balaban J connectivity index is 1.77. The number of carbonyl (C=O) groups excluding carboxylic acids is 1. The first-order valence-corrected chi connectivity index (χ1v) is 7.17. The van der Waals surface area contributed by atoms with Crippen LogP contribution in [0, 0.1) is 0 Å². The largest absolute Gasteiger partial charge is 0.497 e. The summed E-state index contributed by atoms with van der Waals surface area (Å²) >= 11 is 0. The van der Waals surface area contributed by atoms with Crippen LogP contribution in [0.1, 0.15) is 16.8 Å². The summed E-state index contributed by atoms with van der Waals surface area (Å²) in [5.74, 6) is 0.426. The third-order valence-corrected chi connectivity index (χ3v) is 3.36. The van der Waals surface area contributed by atoms with Gasteiger partial charge in [0.1, 0.15) is 11.6 Å². The van der Waals surface area contributed by atoms with Crippen LogP contribution in [0.4, 0.5) is 0 Å². The molecule has 0 amide bonds. The van der Waals surface area contributed by atoms with Crippen molar-refractivity contribution in [1.82, 2.24) is 4.90 Å². The van der Waals surface area contributed by atoms with E-state index in [1.54, 1.807) is 31.4 Å². The van der Waals surface area contributed by atoms with Crippen LogP contribution < -0.4 is 10.5 Å². The molecule has 1 aromatic rings. The Morgan fingerprint density at radius 3 is 2.64 bits per heavy atom. The molecule has 7 heteroatoms. The van der Waals surface area contributed by atoms with Gasteiger partial charge in [-0.2, -0.15) is 0 Å². The first-order valence-electron chi connectivity index (χ1n) is 7.17. The van der Waals surface area contributed by atoms with Gasteiger partial charge in [0, 0.05) is 26.1 Å². The van der Waals surface area contributed by atoms with Gasteiger partial charge in [-0.1, -0.05) is 5.16 Å². The molecule has 1 fully saturated rings. The van der Waals surface area contributed by atoms with Crippen molar-refractivity contribution in [1.29, 1.82) is 0 Å². The van der Waals surface area contributed by atoms with Crippen LogP contribution in [-0.4, -0.2) is 56.7 Å². The summed E-state index contributed by atoms with van der Waals surface area (Å²) in [7, 11) is 1.56. The minimum atomic E-state index is -0.544. The van der Waals surface area contributed by atoms with Crippen LogP contribution in [0.25, 0.3) is 0 Å². The SMILES string of the molecule is COc1ccc(C(=O)O/N=C(\N)CCN2CCOCC2)cc1. The van der Waals surface area contributed by atoms with Gasteiger partial charge in [-0.15, -0.1) is 0 Å². The molecule has 0 unspecified atom stereocenters. The van der Waals surface area contributed by atoms with Crippen molar-refractivity contribution in [3.8, 4) is 5.75 Å². The Kier molecular flexibility index (Phi) is 6.17. The van der Waals surface area contributed by atoms with Crippen LogP contribution >= 0.6 is 0 Å². The van der Waals surface area contributed by atoms with Crippen molar-refractivity contribution in [2.75, 3.05) is 40.0 Å². The number of amidine groups is 1. The number of rotatable bonds is 6. The van der Waals surface area contributed by atoms with Gasteiger partial charge in [0.25, 0.3) is 0 Å². The van der Waals surface area contributed by atoms with E-state index in [0.29, 0.717) is 23.6 Å². The fraction of sp³-hybridized carbons (Fsp3) is 0.467. The molecule has 22 heavy (non-hydrogen) atoms. The highest BCUT2D eigenvalue weighted by atomic mass is 16.7. The third kappa shape index (κ3) is 5.01. The predicted molar refractivity (Wildman–Crippen MR) is 81.9 cm³/mol. The second kappa shape index (κ2) is 8.35. The molecule has 1 aromatic carbocycles. The maximum absolute atomic E-state index is 11.8. The van der Waals surface area contributed by atoms with E-state index in [1.807, 2.05) is 0 Å². The number of ether oxygens (including phenoxy) is 2. The summed E-state index contributed by atoms with van der Waals surface area (Å²) in [4.78, 5) is 18.9. The molecule has 1 heterocycles. The van der Waals surface area contributed by atoms with Crippen molar-refractivity contribution >= 4 is 11.8 Å². The molecule has 0 radical (unpaired) electrons. The summed E-state index contributed by atoms with van der Waals surface area (Å²) in [6, 6.07) is 6.59. The summed E-state index contributed by atoms with van der Waals surface area (Å²) in [5.41, 5.74) is 6.15. The molecule has 0 atom stereocenters. The number of hydrogen-bond donors (Lipinski definition) is 1. The minimum absolute atomic E-state index is 0.299. The normalized spacial score (nSPS) is 16.3. The lowest BCUT2D eigenvalue weighted by Gasteiger charge is -2.26. The fourth-order valence-electron chi connectivity index (χ4n) is 2.02. The fourth-order valence-corrected chi connectivity index (χ4v) is 2.02. The molecule has 1 saturated heterocycles. The topological polar surface area (TPSA) is 86.4 Å². The number of methoxy groups -OCH3 is 1. The van der Waals surface area contributed by atoms with Crippen LogP contribution in [0.15, 0.2) is 29.4 Å². The van der Waals surface area contributed by atoms with Gasteiger partial charge in [0.05, 0.1) is 25.9 Å². The molecule has 0 spiro atoms. The monoisotopic (exact) mass is 307 g/mol. The smallest absolute Gasteiger partial charge is 0.365 e. The Bertz CT molecular complexity index is 510. The number of morpholine rings is 1. The van der Waals surface area contributed by atoms with Gasteiger partial charge in [0.15, 0.2) is 0 Å². The Hall–Kier alpha value is -2.12. The van der Waals surface area contributed by atoms with E-state index in [4.69, 9.17) is 20.0 Å². The highest BCUT2D eigenvalue weighted by Crippen LogP contribution is 2.12. The van der Waals surface area contributed by atoms with Crippen LogP contribution in [0.3, 0.4) is 0 Å². The van der Waals surface area contributed by atoms with E-state index >= 15 is 0 Å². The third-order valence-electron chi connectivity index (χ3n) is 3.36. The zero-order valence-corrected chi connectivity index (χ0v) is 12.7. The number of hydrogen-bond acceptors (Lipinski definition) is 6. The lowest BCUT2D eigenvalue weighted by atomic mass is 10.2. The van der Waals surface area contributed by atoms with E-state index in [-0.39, 0.29) is 0 Å². The number of carbonyl (C=O) groups is 1. The molecule has 2 N–H and O–H groups in total. The molecular weight excluding hydrogens is 286 g/mol. The number of benzene rings is 1. The average molecular weight is 307 g/mol. The molecule has 120 valence electrons. The van der Waals surface area contributed by atoms with E-state index in [9.17, 15) is 4.79 Å². The molecule has 0 aromatic heterocycles. The van der Waals surface area contributed by atoms with Crippen molar-refractivity contribution in [2.45, 2.75) is 6.42 Å². The van der Waals surface area contributed by atoms with Gasteiger partial charge in [-0.3, -0.25) is 4.90 Å². The van der Waals surface area contributed by atoms with Crippen molar-refractivity contribution in [2.24, 2.45) is 10.9 Å². The Morgan fingerprint density at radius 1 is 1.32 bits per heavy atom. The van der Waals surface area contributed by atoms with Crippen molar-refractivity contribution in [3.63, 3.8) is 0 Å². The standard InChI is InChI=1S/C15H21N3O4/c1-20-13-4-2-12(3-5-13)15(19)22-17-14(16)6-7-18-8-10-21-11-9-18/h2-5H,6-11H2,1H3,(H2,16,17). The second-order valence-electron chi connectivity index (χ2n) is 4.89. The molecule has 1 aliphatic rings. The lowest BCUT2D eigenvalue weighted by molar-refractivity contribution is 0.0389. The summed E-state index contributed by atoms with van der Waals surface area (Å²) < 4.78 is 10.3. The average Bonchev–Trinajstić information content (AvgIpc) is 2.58. The molecule has 1 aliphatic heterocycles. The number of oxime groups is 1. The zero-order chi connectivity index (χ0) is 15.8. The van der Waals surface area contributed by atoms with Crippen molar-refractivity contribution in [3.05, 3.63) is 29.8 Å². The minimum Gasteiger partial charge on any atom is -0.497 e. The second-order valence-corrected chi connectivity index (χ2v) is 4.89. The summed E-state index contributed by atoms with van der Waals surface area (Å²) in [5, 5.41) is 3.68. The van der Waals surface area contributed by atoms with E-state index in [2.05, 4.69) is 10.1 Å².